The van der Waals surface area contributed by atoms with E-state index in [1.165, 1.54) is 0 Å². The molecule has 0 bridgehead atoms. The van der Waals surface area contributed by atoms with Crippen molar-refractivity contribution >= 4 is 5.91 Å². The molecule has 1 aromatic carbocycles. The van der Waals surface area contributed by atoms with Gasteiger partial charge in [0, 0.05) is 25.2 Å². The summed E-state index contributed by atoms with van der Waals surface area (Å²) >= 11 is 0. The van der Waals surface area contributed by atoms with E-state index in [4.69, 9.17) is 5.73 Å². The molecule has 1 rings (SSSR count). The summed E-state index contributed by atoms with van der Waals surface area (Å²) in [5, 5.41) is 0. The van der Waals surface area contributed by atoms with Crippen molar-refractivity contribution in [3.63, 3.8) is 0 Å². The Morgan fingerprint density at radius 3 is 2.73 bits per heavy atom. The molecule has 0 atom stereocenters. The van der Waals surface area contributed by atoms with Gasteiger partial charge in [0.05, 0.1) is 0 Å². The van der Waals surface area contributed by atoms with Crippen LogP contribution < -0.4 is 5.73 Å². The van der Waals surface area contributed by atoms with Crippen molar-refractivity contribution in [3.8, 4) is 0 Å². The van der Waals surface area contributed by atoms with Crippen LogP contribution in [0.25, 0.3) is 0 Å². The van der Waals surface area contributed by atoms with Gasteiger partial charge in [0.25, 0.3) is 5.91 Å². The summed E-state index contributed by atoms with van der Waals surface area (Å²) in [5.41, 5.74) is 7.30. The molecule has 0 aliphatic heterocycles. The van der Waals surface area contributed by atoms with Crippen LogP contribution in [0.4, 0.5) is 0 Å². The van der Waals surface area contributed by atoms with Crippen molar-refractivity contribution in [1.82, 2.24) is 4.90 Å². The van der Waals surface area contributed by atoms with E-state index in [0.29, 0.717) is 19.6 Å². The summed E-state index contributed by atoms with van der Waals surface area (Å²) in [7, 11) is 0. The second-order valence-electron chi connectivity index (χ2n) is 3.54. The summed E-state index contributed by atoms with van der Waals surface area (Å²) in [6, 6.07) is 7.63. The third-order valence-corrected chi connectivity index (χ3v) is 2.33. The van der Waals surface area contributed by atoms with E-state index in [-0.39, 0.29) is 5.91 Å². The van der Waals surface area contributed by atoms with Crippen LogP contribution in [0.15, 0.2) is 24.3 Å². The number of benzene rings is 1. The van der Waals surface area contributed by atoms with Crippen molar-refractivity contribution in [2.75, 3.05) is 19.6 Å². The summed E-state index contributed by atoms with van der Waals surface area (Å²) < 4.78 is 0. The smallest absolute Gasteiger partial charge is 0.253 e. The predicted molar refractivity (Wildman–Crippen MR) is 61.8 cm³/mol. The monoisotopic (exact) mass is 206 g/mol. The standard InChI is InChI=1S/C12H18N2O/c1-3-14(8-7-13)12(15)11-6-4-5-10(2)9-11/h4-6,9H,3,7-8,13H2,1-2H3. The first-order chi connectivity index (χ1) is 7.19. The molecule has 3 nitrogen and oxygen atoms in total. The number of nitrogens with two attached hydrogens (primary N) is 1. The predicted octanol–water partition coefficient (Wildman–Crippen LogP) is 1.42. The van der Waals surface area contributed by atoms with Crippen LogP contribution in [-0.2, 0) is 0 Å². The minimum Gasteiger partial charge on any atom is -0.338 e. The van der Waals surface area contributed by atoms with Gasteiger partial charge < -0.3 is 10.6 Å². The number of hydrogen-bond acceptors (Lipinski definition) is 2. The highest BCUT2D eigenvalue weighted by Gasteiger charge is 2.12. The van der Waals surface area contributed by atoms with Crippen LogP contribution in [0.1, 0.15) is 22.8 Å². The first kappa shape index (κ1) is 11.7. The maximum atomic E-state index is 12.0. The van der Waals surface area contributed by atoms with Gasteiger partial charge in [0.2, 0.25) is 0 Å². The number of hydrogen-bond donors (Lipinski definition) is 1. The zero-order valence-electron chi connectivity index (χ0n) is 9.36. The Balaban J connectivity index is 2.82. The zero-order valence-corrected chi connectivity index (χ0v) is 9.36. The molecule has 3 heteroatoms. The molecule has 0 fully saturated rings. The molecule has 15 heavy (non-hydrogen) atoms. The summed E-state index contributed by atoms with van der Waals surface area (Å²) in [6.07, 6.45) is 0. The van der Waals surface area contributed by atoms with E-state index in [1.54, 1.807) is 4.90 Å². The average molecular weight is 206 g/mol. The van der Waals surface area contributed by atoms with Crippen molar-refractivity contribution in [2.24, 2.45) is 5.73 Å². The van der Waals surface area contributed by atoms with Crippen LogP contribution in [0.3, 0.4) is 0 Å². The number of likely N-dealkylation sites (N-methyl/N-ethyl adjacent to an activating group) is 1. The van der Waals surface area contributed by atoms with Gasteiger partial charge in [-0.25, -0.2) is 0 Å². The fourth-order valence-electron chi connectivity index (χ4n) is 1.52. The van der Waals surface area contributed by atoms with E-state index in [2.05, 4.69) is 0 Å². The Hall–Kier alpha value is -1.35. The van der Waals surface area contributed by atoms with Gasteiger partial charge in [-0.15, -0.1) is 0 Å². The van der Waals surface area contributed by atoms with E-state index >= 15 is 0 Å². The fourth-order valence-corrected chi connectivity index (χ4v) is 1.52. The van der Waals surface area contributed by atoms with E-state index in [9.17, 15) is 4.79 Å². The largest absolute Gasteiger partial charge is 0.338 e. The Bertz CT molecular complexity index is 336. The molecule has 1 amide bonds. The van der Waals surface area contributed by atoms with Gasteiger partial charge in [-0.3, -0.25) is 4.79 Å². The molecule has 0 heterocycles. The summed E-state index contributed by atoms with van der Waals surface area (Å²) in [5.74, 6) is 0.0617. The quantitative estimate of drug-likeness (QED) is 0.809. The zero-order chi connectivity index (χ0) is 11.3. The topological polar surface area (TPSA) is 46.3 Å². The Morgan fingerprint density at radius 2 is 2.20 bits per heavy atom. The minimum atomic E-state index is 0.0617. The first-order valence-corrected chi connectivity index (χ1v) is 5.25. The minimum absolute atomic E-state index is 0.0617. The second-order valence-corrected chi connectivity index (χ2v) is 3.54. The number of carbonyl (C=O) groups is 1. The maximum Gasteiger partial charge on any atom is 0.253 e. The lowest BCUT2D eigenvalue weighted by molar-refractivity contribution is 0.0769. The number of aryl methyl sites for hydroxylation is 1. The lowest BCUT2D eigenvalue weighted by Gasteiger charge is -2.20. The van der Waals surface area contributed by atoms with Gasteiger partial charge in [0.15, 0.2) is 0 Å². The lowest BCUT2D eigenvalue weighted by Crippen LogP contribution is -2.35. The van der Waals surface area contributed by atoms with Crippen LogP contribution >= 0.6 is 0 Å². The summed E-state index contributed by atoms with van der Waals surface area (Å²) in [6.45, 7) is 5.76. The average Bonchev–Trinajstić information content (AvgIpc) is 2.25. The second kappa shape index (κ2) is 5.51. The third kappa shape index (κ3) is 3.06. The van der Waals surface area contributed by atoms with E-state index in [0.717, 1.165) is 11.1 Å². The maximum absolute atomic E-state index is 12.0. The van der Waals surface area contributed by atoms with Crippen molar-refractivity contribution in [3.05, 3.63) is 35.4 Å². The van der Waals surface area contributed by atoms with Gasteiger partial charge in [-0.05, 0) is 26.0 Å². The molecule has 82 valence electrons. The lowest BCUT2D eigenvalue weighted by atomic mass is 10.1. The van der Waals surface area contributed by atoms with Crippen LogP contribution in [0.2, 0.25) is 0 Å². The molecule has 0 saturated heterocycles. The molecule has 1 aromatic rings. The molecular weight excluding hydrogens is 188 g/mol. The van der Waals surface area contributed by atoms with Crippen LogP contribution in [0, 0.1) is 6.92 Å². The number of nitrogens with zero attached hydrogens (tertiary/aromatic N) is 1. The number of carbonyl (C=O) groups excluding carboxylic acids is 1. The van der Waals surface area contributed by atoms with E-state index < -0.39 is 0 Å². The van der Waals surface area contributed by atoms with Crippen molar-refractivity contribution in [2.45, 2.75) is 13.8 Å². The van der Waals surface area contributed by atoms with E-state index in [1.807, 2.05) is 38.1 Å². The molecule has 0 aliphatic rings. The first-order valence-electron chi connectivity index (χ1n) is 5.25. The third-order valence-electron chi connectivity index (χ3n) is 2.33. The number of rotatable bonds is 4. The SMILES string of the molecule is CCN(CCN)C(=O)c1cccc(C)c1. The van der Waals surface area contributed by atoms with Gasteiger partial charge in [-0.1, -0.05) is 17.7 Å². The van der Waals surface area contributed by atoms with Crippen molar-refractivity contribution < 1.29 is 4.79 Å². The molecule has 0 aromatic heterocycles. The Labute approximate surface area is 90.9 Å². The van der Waals surface area contributed by atoms with Gasteiger partial charge in [0.1, 0.15) is 0 Å². The molecule has 2 N–H and O–H groups in total. The van der Waals surface area contributed by atoms with Gasteiger partial charge >= 0.3 is 0 Å². The molecule has 0 spiro atoms. The molecule has 0 unspecified atom stereocenters. The Morgan fingerprint density at radius 1 is 1.47 bits per heavy atom. The van der Waals surface area contributed by atoms with Crippen LogP contribution in [0.5, 0.6) is 0 Å². The van der Waals surface area contributed by atoms with Gasteiger partial charge in [-0.2, -0.15) is 0 Å². The fraction of sp³-hybridized carbons (Fsp3) is 0.417. The molecule has 0 aliphatic carbocycles. The van der Waals surface area contributed by atoms with Crippen LogP contribution in [-0.4, -0.2) is 30.4 Å². The highest BCUT2D eigenvalue weighted by molar-refractivity contribution is 5.94. The summed E-state index contributed by atoms with van der Waals surface area (Å²) in [4.78, 5) is 13.7. The Kier molecular flexibility index (Phi) is 4.31. The highest BCUT2D eigenvalue weighted by Crippen LogP contribution is 2.07. The normalized spacial score (nSPS) is 10.1. The molecule has 0 radical (unpaired) electrons. The molecule has 0 saturated carbocycles. The highest BCUT2D eigenvalue weighted by atomic mass is 16.2. The molecular formula is C12H18N2O. The number of amides is 1. The van der Waals surface area contributed by atoms with Crippen molar-refractivity contribution in [1.29, 1.82) is 0 Å².